The van der Waals surface area contributed by atoms with E-state index in [1.807, 2.05) is 11.9 Å². The van der Waals surface area contributed by atoms with Gasteiger partial charge in [-0.3, -0.25) is 4.79 Å². The molecule has 1 heterocycles. The Morgan fingerprint density at radius 3 is 3.00 bits per heavy atom. The zero-order valence-electron chi connectivity index (χ0n) is 8.66. The van der Waals surface area contributed by atoms with Crippen LogP contribution in [-0.4, -0.2) is 23.6 Å². The lowest BCUT2D eigenvalue weighted by atomic mass is 9.85. The van der Waals surface area contributed by atoms with Crippen LogP contribution in [-0.2, 0) is 0 Å². The molecule has 0 atom stereocenters. The third kappa shape index (κ3) is 2.22. The third-order valence-corrected chi connectivity index (χ3v) is 3.61. The molecule has 82 valence electrons. The molecule has 1 aromatic rings. The summed E-state index contributed by atoms with van der Waals surface area (Å²) in [4.78, 5) is 20.1. The van der Waals surface area contributed by atoms with Crippen LogP contribution in [0.3, 0.4) is 0 Å². The summed E-state index contributed by atoms with van der Waals surface area (Å²) >= 11 is 3.26. The van der Waals surface area contributed by atoms with Crippen molar-refractivity contribution in [3.63, 3.8) is 0 Å². The second-order valence-electron chi connectivity index (χ2n) is 4.05. The third-order valence-electron chi connectivity index (χ3n) is 2.90. The van der Waals surface area contributed by atoms with E-state index in [-0.39, 0.29) is 5.56 Å². The first kappa shape index (κ1) is 10.7. The van der Waals surface area contributed by atoms with Gasteiger partial charge in [-0.2, -0.15) is 0 Å². The summed E-state index contributed by atoms with van der Waals surface area (Å²) in [6, 6.07) is 0. The van der Waals surface area contributed by atoms with Crippen LogP contribution >= 0.6 is 15.9 Å². The Morgan fingerprint density at radius 1 is 1.67 bits per heavy atom. The SMILES string of the molecule is CN(CC1CCC1)c1nc[nH]c(=O)c1Br. The lowest BCUT2D eigenvalue weighted by molar-refractivity contribution is 0.321. The summed E-state index contributed by atoms with van der Waals surface area (Å²) in [5.74, 6) is 1.49. The smallest absolute Gasteiger partial charge is 0.267 e. The van der Waals surface area contributed by atoms with Crippen molar-refractivity contribution in [2.24, 2.45) is 5.92 Å². The second-order valence-corrected chi connectivity index (χ2v) is 4.84. The molecule has 5 heteroatoms. The number of hydrogen-bond donors (Lipinski definition) is 1. The molecule has 0 saturated heterocycles. The molecule has 1 N–H and O–H groups in total. The van der Waals surface area contributed by atoms with Crippen molar-refractivity contribution in [1.29, 1.82) is 0 Å². The molecule has 1 saturated carbocycles. The van der Waals surface area contributed by atoms with Crippen LogP contribution in [0.25, 0.3) is 0 Å². The Hall–Kier alpha value is -0.840. The van der Waals surface area contributed by atoms with Gasteiger partial charge < -0.3 is 9.88 Å². The van der Waals surface area contributed by atoms with Crippen molar-refractivity contribution in [2.75, 3.05) is 18.5 Å². The Labute approximate surface area is 96.8 Å². The molecule has 0 aromatic carbocycles. The second kappa shape index (κ2) is 4.35. The molecule has 2 rings (SSSR count). The van der Waals surface area contributed by atoms with Gasteiger partial charge >= 0.3 is 0 Å². The van der Waals surface area contributed by atoms with Gasteiger partial charge in [0.05, 0.1) is 6.33 Å². The van der Waals surface area contributed by atoms with Gasteiger partial charge in [0.15, 0.2) is 0 Å². The molecule has 0 unspecified atom stereocenters. The molecule has 0 amide bonds. The van der Waals surface area contributed by atoms with E-state index in [1.165, 1.54) is 25.6 Å². The number of rotatable bonds is 3. The minimum atomic E-state index is -0.125. The van der Waals surface area contributed by atoms with Gasteiger partial charge in [0.1, 0.15) is 10.3 Å². The average Bonchev–Trinajstić information content (AvgIpc) is 2.15. The van der Waals surface area contributed by atoms with Crippen molar-refractivity contribution in [2.45, 2.75) is 19.3 Å². The van der Waals surface area contributed by atoms with Gasteiger partial charge in [0.2, 0.25) is 0 Å². The highest BCUT2D eigenvalue weighted by molar-refractivity contribution is 9.10. The first-order valence-electron chi connectivity index (χ1n) is 5.13. The van der Waals surface area contributed by atoms with Crippen LogP contribution in [0.1, 0.15) is 19.3 Å². The number of halogens is 1. The number of aromatic amines is 1. The molecule has 0 spiro atoms. The van der Waals surface area contributed by atoms with E-state index in [0.29, 0.717) is 4.47 Å². The molecule has 1 fully saturated rings. The van der Waals surface area contributed by atoms with Crippen molar-refractivity contribution in [1.82, 2.24) is 9.97 Å². The summed E-state index contributed by atoms with van der Waals surface area (Å²) in [5.41, 5.74) is -0.125. The van der Waals surface area contributed by atoms with Crippen molar-refractivity contribution in [3.05, 3.63) is 21.2 Å². The zero-order chi connectivity index (χ0) is 10.8. The van der Waals surface area contributed by atoms with Gasteiger partial charge in [-0.1, -0.05) is 6.42 Å². The standard InChI is InChI=1S/C10H14BrN3O/c1-14(5-7-3-2-4-7)9-8(11)10(15)13-6-12-9/h6-7H,2-5H2,1H3,(H,12,13,15). The van der Waals surface area contributed by atoms with Gasteiger partial charge in [-0.05, 0) is 34.7 Å². The number of aromatic nitrogens is 2. The van der Waals surface area contributed by atoms with Gasteiger partial charge in [0.25, 0.3) is 5.56 Å². The first-order chi connectivity index (χ1) is 7.18. The summed E-state index contributed by atoms with van der Waals surface area (Å²) in [6.07, 6.45) is 5.37. The summed E-state index contributed by atoms with van der Waals surface area (Å²) in [5, 5.41) is 0. The maximum Gasteiger partial charge on any atom is 0.267 e. The molecular weight excluding hydrogens is 258 g/mol. The fourth-order valence-electron chi connectivity index (χ4n) is 1.79. The topological polar surface area (TPSA) is 49.0 Å². The number of anilines is 1. The van der Waals surface area contributed by atoms with Crippen molar-refractivity contribution in [3.8, 4) is 0 Å². The zero-order valence-corrected chi connectivity index (χ0v) is 10.2. The van der Waals surface area contributed by atoms with Gasteiger partial charge in [-0.25, -0.2) is 4.98 Å². The maximum absolute atomic E-state index is 11.3. The number of hydrogen-bond acceptors (Lipinski definition) is 3. The van der Waals surface area contributed by atoms with Crippen LogP contribution in [0.2, 0.25) is 0 Å². The molecular formula is C10H14BrN3O. The average molecular weight is 272 g/mol. The number of H-pyrrole nitrogens is 1. The Bertz CT molecular complexity index is 400. The minimum absolute atomic E-state index is 0.125. The van der Waals surface area contributed by atoms with Crippen molar-refractivity contribution < 1.29 is 0 Å². The van der Waals surface area contributed by atoms with Gasteiger partial charge in [0, 0.05) is 13.6 Å². The highest BCUT2D eigenvalue weighted by atomic mass is 79.9. The summed E-state index contributed by atoms with van der Waals surface area (Å²) in [6.45, 7) is 0.981. The predicted octanol–water partition coefficient (Wildman–Crippen LogP) is 1.77. The van der Waals surface area contributed by atoms with E-state index in [2.05, 4.69) is 25.9 Å². The molecule has 1 aliphatic carbocycles. The Balaban J connectivity index is 2.13. The largest absolute Gasteiger partial charge is 0.358 e. The van der Waals surface area contributed by atoms with E-state index >= 15 is 0 Å². The molecule has 0 aliphatic heterocycles. The molecule has 1 aromatic heterocycles. The van der Waals surface area contributed by atoms with Crippen LogP contribution in [0.5, 0.6) is 0 Å². The highest BCUT2D eigenvalue weighted by Crippen LogP contribution is 2.28. The predicted molar refractivity (Wildman–Crippen MR) is 63.2 cm³/mol. The number of nitrogens with one attached hydrogen (secondary N) is 1. The van der Waals surface area contributed by atoms with Crippen LogP contribution in [0, 0.1) is 5.92 Å². The summed E-state index contributed by atoms with van der Waals surface area (Å²) in [7, 11) is 1.98. The number of nitrogens with zero attached hydrogens (tertiary/aromatic N) is 2. The van der Waals surface area contributed by atoms with Crippen molar-refractivity contribution >= 4 is 21.7 Å². The van der Waals surface area contributed by atoms with Gasteiger partial charge in [-0.15, -0.1) is 0 Å². The summed E-state index contributed by atoms with van der Waals surface area (Å²) < 4.78 is 0.520. The Morgan fingerprint density at radius 2 is 2.40 bits per heavy atom. The van der Waals surface area contributed by atoms with Crippen LogP contribution < -0.4 is 10.5 Å². The van der Waals surface area contributed by atoms with Crippen LogP contribution in [0.15, 0.2) is 15.6 Å². The highest BCUT2D eigenvalue weighted by Gasteiger charge is 2.21. The van der Waals surface area contributed by atoms with E-state index in [4.69, 9.17) is 0 Å². The molecule has 4 nitrogen and oxygen atoms in total. The molecule has 0 radical (unpaired) electrons. The monoisotopic (exact) mass is 271 g/mol. The van der Waals surface area contributed by atoms with E-state index in [0.717, 1.165) is 18.3 Å². The fraction of sp³-hybridized carbons (Fsp3) is 0.600. The lowest BCUT2D eigenvalue weighted by Gasteiger charge is -2.30. The van der Waals surface area contributed by atoms with E-state index in [1.54, 1.807) is 0 Å². The molecule has 15 heavy (non-hydrogen) atoms. The Kier molecular flexibility index (Phi) is 3.09. The molecule has 0 bridgehead atoms. The minimum Gasteiger partial charge on any atom is -0.358 e. The lowest BCUT2D eigenvalue weighted by Crippen LogP contribution is -2.31. The fourth-order valence-corrected chi connectivity index (χ4v) is 2.31. The normalized spacial score (nSPS) is 16.1. The van der Waals surface area contributed by atoms with E-state index in [9.17, 15) is 4.79 Å². The quantitative estimate of drug-likeness (QED) is 0.912. The maximum atomic E-state index is 11.3. The molecule has 1 aliphatic rings. The van der Waals surface area contributed by atoms with Crippen LogP contribution in [0.4, 0.5) is 5.82 Å². The first-order valence-corrected chi connectivity index (χ1v) is 5.92. The van der Waals surface area contributed by atoms with E-state index < -0.39 is 0 Å².